The number of hydrogen-bond donors (Lipinski definition) is 2. The van der Waals surface area contributed by atoms with Crippen LogP contribution >= 0.6 is 0 Å². The lowest BCUT2D eigenvalue weighted by atomic mass is 9.53. The van der Waals surface area contributed by atoms with E-state index in [0.29, 0.717) is 0 Å². The Hall–Kier alpha value is -2.68. The first-order chi connectivity index (χ1) is 15.8. The standard InChI is InChI=1S/C25H30O9/c1-10-6-7-14(26)16-20-25(34-22(16)31)9-11(2)23(4,32-20)19(29)17(25)13(8-15(10)27)24(5)18(28)12(3)21(30)33-24/h10-11,13,17,19,28-29H,6-9H2,1-5H3/t10-,11-,13+,17-,19-,23-,24-,25+/m0/s1. The summed E-state index contributed by atoms with van der Waals surface area (Å²) in [7, 11) is 0. The zero-order valence-electron chi connectivity index (χ0n) is 20.0. The summed E-state index contributed by atoms with van der Waals surface area (Å²) in [5.74, 6) is -5.05. The highest BCUT2D eigenvalue weighted by atomic mass is 16.6. The highest BCUT2D eigenvalue weighted by Gasteiger charge is 2.75. The first-order valence-electron chi connectivity index (χ1n) is 11.8. The maximum atomic E-state index is 13.3. The van der Waals surface area contributed by atoms with Gasteiger partial charge in [-0.25, -0.2) is 9.59 Å². The molecule has 3 fully saturated rings. The van der Waals surface area contributed by atoms with Crippen LogP contribution in [-0.4, -0.2) is 56.6 Å². The zero-order valence-corrected chi connectivity index (χ0v) is 20.0. The van der Waals surface area contributed by atoms with E-state index in [0.717, 1.165) is 0 Å². The number of aliphatic hydroxyl groups excluding tert-OH is 2. The molecule has 2 saturated heterocycles. The number of carbonyl (C=O) groups excluding carboxylic acids is 4. The van der Waals surface area contributed by atoms with E-state index in [1.165, 1.54) is 13.8 Å². The van der Waals surface area contributed by atoms with Gasteiger partial charge < -0.3 is 24.4 Å². The summed E-state index contributed by atoms with van der Waals surface area (Å²) in [4.78, 5) is 52.0. The van der Waals surface area contributed by atoms with Crippen LogP contribution in [0.2, 0.25) is 0 Å². The lowest BCUT2D eigenvalue weighted by molar-refractivity contribution is -0.290. The summed E-state index contributed by atoms with van der Waals surface area (Å²) in [5, 5.41) is 22.7. The third kappa shape index (κ3) is 2.64. The minimum absolute atomic E-state index is 0.0242. The predicted molar refractivity (Wildman–Crippen MR) is 115 cm³/mol. The lowest BCUT2D eigenvalue weighted by Gasteiger charge is -2.62. The number of aliphatic hydroxyl groups is 2. The van der Waals surface area contributed by atoms with Gasteiger partial charge in [0.05, 0.1) is 5.57 Å². The molecule has 8 atom stereocenters. The molecule has 2 N–H and O–H groups in total. The summed E-state index contributed by atoms with van der Waals surface area (Å²) < 4.78 is 17.8. The van der Waals surface area contributed by atoms with E-state index in [9.17, 15) is 29.4 Å². The quantitative estimate of drug-likeness (QED) is 0.432. The van der Waals surface area contributed by atoms with Gasteiger partial charge >= 0.3 is 11.9 Å². The van der Waals surface area contributed by atoms with Gasteiger partial charge in [0.15, 0.2) is 22.7 Å². The lowest BCUT2D eigenvalue weighted by Crippen LogP contribution is -2.72. The van der Waals surface area contributed by atoms with E-state index < -0.39 is 58.4 Å². The molecule has 4 aliphatic heterocycles. The highest BCUT2D eigenvalue weighted by Crippen LogP contribution is 2.64. The van der Waals surface area contributed by atoms with Gasteiger partial charge in [-0.3, -0.25) is 9.59 Å². The highest BCUT2D eigenvalue weighted by molar-refractivity contribution is 6.19. The summed E-state index contributed by atoms with van der Waals surface area (Å²) in [6.45, 7) is 8.23. The van der Waals surface area contributed by atoms with E-state index in [1.54, 1.807) is 13.8 Å². The Kier molecular flexibility index (Phi) is 4.71. The SMILES string of the molecule is CC1=C(O)[C@](C)([C@@H]2CC(=O)[C@@H](C)CCC(=O)C3=C4O[C@@]5(C)[C@@H](C)C[C@@]4(OC3=O)[C@@H]2[C@@H]5O)OC1=O. The number of carbonyl (C=O) groups is 4. The minimum Gasteiger partial charge on any atom is -0.507 e. The van der Waals surface area contributed by atoms with Gasteiger partial charge in [-0.15, -0.1) is 0 Å². The average molecular weight is 475 g/mol. The number of ether oxygens (including phenoxy) is 3. The largest absolute Gasteiger partial charge is 0.507 e. The molecular weight excluding hydrogens is 444 g/mol. The normalized spacial score (nSPS) is 46.4. The number of hydrogen-bond acceptors (Lipinski definition) is 9. The smallest absolute Gasteiger partial charge is 0.346 e. The van der Waals surface area contributed by atoms with Crippen LogP contribution < -0.4 is 0 Å². The molecule has 5 bridgehead atoms. The van der Waals surface area contributed by atoms with Crippen LogP contribution in [0.1, 0.15) is 60.3 Å². The molecule has 0 amide bonds. The Balaban J connectivity index is 1.78. The molecule has 0 unspecified atom stereocenters. The first kappa shape index (κ1) is 23.1. The summed E-state index contributed by atoms with van der Waals surface area (Å²) in [5.41, 5.74) is -4.47. The molecule has 6 aliphatic rings. The molecule has 4 heterocycles. The van der Waals surface area contributed by atoms with Crippen molar-refractivity contribution in [2.45, 2.75) is 83.2 Å². The summed E-state index contributed by atoms with van der Waals surface area (Å²) in [6.07, 6.45) is -0.928. The third-order valence-corrected chi connectivity index (χ3v) is 9.10. The molecule has 1 saturated carbocycles. The third-order valence-electron chi connectivity index (χ3n) is 9.10. The number of fused-ring (bicyclic) bond motifs is 1. The van der Waals surface area contributed by atoms with E-state index in [1.807, 2.05) is 6.92 Å². The monoisotopic (exact) mass is 474 g/mol. The number of esters is 2. The molecule has 1 spiro atoms. The van der Waals surface area contributed by atoms with E-state index in [-0.39, 0.29) is 60.0 Å². The van der Waals surface area contributed by atoms with Crippen molar-refractivity contribution < 1.29 is 43.6 Å². The summed E-state index contributed by atoms with van der Waals surface area (Å²) >= 11 is 0. The fourth-order valence-corrected chi connectivity index (χ4v) is 6.67. The van der Waals surface area contributed by atoms with Crippen LogP contribution in [0.25, 0.3) is 0 Å². The van der Waals surface area contributed by atoms with Crippen molar-refractivity contribution in [1.29, 1.82) is 0 Å². The van der Waals surface area contributed by atoms with Gasteiger partial charge in [0.2, 0.25) is 0 Å². The van der Waals surface area contributed by atoms with Crippen molar-refractivity contribution in [3.8, 4) is 0 Å². The molecule has 9 heteroatoms. The van der Waals surface area contributed by atoms with E-state index in [4.69, 9.17) is 14.2 Å². The fourth-order valence-electron chi connectivity index (χ4n) is 6.67. The summed E-state index contributed by atoms with van der Waals surface area (Å²) in [6, 6.07) is 0. The Morgan fingerprint density at radius 2 is 1.68 bits per heavy atom. The van der Waals surface area contributed by atoms with E-state index in [2.05, 4.69) is 0 Å². The number of rotatable bonds is 1. The second-order valence-corrected chi connectivity index (χ2v) is 11.0. The molecule has 0 radical (unpaired) electrons. The zero-order chi connectivity index (χ0) is 25.0. The average Bonchev–Trinajstić information content (AvgIpc) is 3.15. The van der Waals surface area contributed by atoms with Crippen molar-refractivity contribution in [2.24, 2.45) is 23.7 Å². The Morgan fingerprint density at radius 3 is 2.29 bits per heavy atom. The van der Waals surface area contributed by atoms with Crippen molar-refractivity contribution in [2.75, 3.05) is 0 Å². The Bertz CT molecular complexity index is 1100. The number of ketones is 2. The molecule has 34 heavy (non-hydrogen) atoms. The Labute approximate surface area is 197 Å². The van der Waals surface area contributed by atoms with Crippen LogP contribution in [-0.2, 0) is 33.4 Å². The fraction of sp³-hybridized carbons (Fsp3) is 0.680. The molecule has 0 aromatic carbocycles. The Morgan fingerprint density at radius 1 is 1.00 bits per heavy atom. The second-order valence-electron chi connectivity index (χ2n) is 11.0. The molecule has 9 nitrogen and oxygen atoms in total. The molecule has 0 aromatic heterocycles. The van der Waals surface area contributed by atoms with Gasteiger partial charge in [-0.2, -0.15) is 0 Å². The van der Waals surface area contributed by atoms with Crippen LogP contribution in [0.15, 0.2) is 22.7 Å². The minimum atomic E-state index is -1.63. The van der Waals surface area contributed by atoms with Gasteiger partial charge in [0, 0.05) is 42.9 Å². The molecule has 0 aromatic rings. The first-order valence-corrected chi connectivity index (χ1v) is 11.8. The van der Waals surface area contributed by atoms with E-state index >= 15 is 0 Å². The molecule has 184 valence electrons. The van der Waals surface area contributed by atoms with Gasteiger partial charge in [-0.05, 0) is 27.2 Å². The number of Topliss-reactive ketones (excluding diaryl/α,β-unsaturated/α-hetero) is 2. The van der Waals surface area contributed by atoms with Crippen LogP contribution in [0.4, 0.5) is 0 Å². The number of cyclic esters (lactones) is 1. The van der Waals surface area contributed by atoms with Crippen molar-refractivity contribution in [3.63, 3.8) is 0 Å². The molecule has 2 aliphatic carbocycles. The second kappa shape index (κ2) is 6.93. The van der Waals surface area contributed by atoms with Gasteiger partial charge in [0.25, 0.3) is 0 Å². The van der Waals surface area contributed by atoms with Gasteiger partial charge in [0.1, 0.15) is 28.8 Å². The topological polar surface area (TPSA) is 136 Å². The van der Waals surface area contributed by atoms with Gasteiger partial charge in [-0.1, -0.05) is 13.8 Å². The predicted octanol–water partition coefficient (Wildman–Crippen LogP) is 2.06. The van der Waals surface area contributed by atoms with Crippen LogP contribution in [0.3, 0.4) is 0 Å². The van der Waals surface area contributed by atoms with Crippen molar-refractivity contribution >= 4 is 23.5 Å². The molecular formula is C25H30O9. The maximum absolute atomic E-state index is 13.3. The molecule has 6 rings (SSSR count). The van der Waals surface area contributed by atoms with Crippen molar-refractivity contribution in [1.82, 2.24) is 0 Å². The van der Waals surface area contributed by atoms with Crippen LogP contribution in [0.5, 0.6) is 0 Å². The van der Waals surface area contributed by atoms with Crippen LogP contribution in [0, 0.1) is 23.7 Å². The van der Waals surface area contributed by atoms with Crippen molar-refractivity contribution in [3.05, 3.63) is 22.7 Å². The maximum Gasteiger partial charge on any atom is 0.346 e.